The number of aliphatic hydroxyl groups is 2. The fourth-order valence-corrected chi connectivity index (χ4v) is 5.83. The lowest BCUT2D eigenvalue weighted by atomic mass is 9.56. The van der Waals surface area contributed by atoms with Gasteiger partial charge in [0.25, 0.3) is 0 Å². The number of hydrogen-bond donors (Lipinski definition) is 2. The molecule has 140 valence electrons. The topological polar surface area (TPSA) is 79.3 Å². The van der Waals surface area contributed by atoms with E-state index < -0.39 is 22.9 Å². The van der Waals surface area contributed by atoms with Crippen molar-refractivity contribution in [2.75, 3.05) is 6.61 Å². The molecule has 0 aromatic carbocycles. The highest BCUT2D eigenvalue weighted by atomic mass is 16.8. The van der Waals surface area contributed by atoms with Crippen molar-refractivity contribution < 1.29 is 24.5 Å². The van der Waals surface area contributed by atoms with Gasteiger partial charge in [-0.1, -0.05) is 27.4 Å². The number of carbonyl (C=O) groups excluding carboxylic acids is 1. The van der Waals surface area contributed by atoms with Crippen LogP contribution in [0.4, 0.5) is 0 Å². The third-order valence-corrected chi connectivity index (χ3v) is 7.62. The Bertz CT molecular complexity index is 630. The van der Waals surface area contributed by atoms with Crippen molar-refractivity contribution in [1.82, 2.24) is 0 Å². The molecule has 0 aromatic rings. The molecule has 4 aliphatic rings. The molecule has 1 aliphatic carbocycles. The quantitative estimate of drug-likeness (QED) is 0.588. The Labute approximate surface area is 149 Å². The number of aliphatic hydroxyl groups excluding tert-OH is 2. The highest BCUT2D eigenvalue weighted by Crippen LogP contribution is 2.76. The van der Waals surface area contributed by atoms with Crippen LogP contribution in [0.15, 0.2) is 12.2 Å². The lowest BCUT2D eigenvalue weighted by Gasteiger charge is -2.55. The van der Waals surface area contributed by atoms with Crippen LogP contribution >= 0.6 is 0 Å². The van der Waals surface area contributed by atoms with Gasteiger partial charge in [0, 0.05) is 17.8 Å². The number of rotatable bonds is 5. The lowest BCUT2D eigenvalue weighted by molar-refractivity contribution is -0.222. The minimum absolute atomic E-state index is 0.0277. The molecular formula is C20H30O5. The van der Waals surface area contributed by atoms with E-state index in [1.54, 1.807) is 0 Å². The summed E-state index contributed by atoms with van der Waals surface area (Å²) in [6.07, 6.45) is 3.02. The van der Waals surface area contributed by atoms with E-state index in [0.717, 1.165) is 5.57 Å². The standard InChI is InChI=1S/C20H30O5/c1-12(2)14(22)7-8-17(4)10-19-13(3)5-6-15(23)18(19,11-21)9-16-20(17,24-16)25-19/h12,15-16,21,23H,3,5-11H2,1-2,4H3. The number of Topliss-reactive ketones (excluding diaryl/α,β-unsaturated/α-hetero) is 1. The van der Waals surface area contributed by atoms with Gasteiger partial charge in [0.1, 0.15) is 17.5 Å². The first-order valence-electron chi connectivity index (χ1n) is 9.54. The summed E-state index contributed by atoms with van der Waals surface area (Å²) in [6, 6.07) is 0. The van der Waals surface area contributed by atoms with Crippen LogP contribution in [0, 0.1) is 16.7 Å². The van der Waals surface area contributed by atoms with Gasteiger partial charge in [0.2, 0.25) is 5.79 Å². The molecule has 1 saturated carbocycles. The van der Waals surface area contributed by atoms with E-state index in [-0.39, 0.29) is 29.8 Å². The molecular weight excluding hydrogens is 320 g/mol. The Balaban J connectivity index is 1.70. The van der Waals surface area contributed by atoms with Crippen LogP contribution in [0.2, 0.25) is 0 Å². The summed E-state index contributed by atoms with van der Waals surface area (Å²) < 4.78 is 12.7. The van der Waals surface area contributed by atoms with Crippen LogP contribution < -0.4 is 0 Å². The van der Waals surface area contributed by atoms with Gasteiger partial charge in [-0.2, -0.15) is 0 Å². The van der Waals surface area contributed by atoms with Crippen molar-refractivity contribution in [2.24, 2.45) is 16.7 Å². The molecule has 4 fully saturated rings. The minimum Gasteiger partial charge on any atom is -0.396 e. The van der Waals surface area contributed by atoms with E-state index in [1.807, 2.05) is 13.8 Å². The van der Waals surface area contributed by atoms with Crippen LogP contribution in [0.25, 0.3) is 0 Å². The van der Waals surface area contributed by atoms with Crippen molar-refractivity contribution in [3.63, 3.8) is 0 Å². The van der Waals surface area contributed by atoms with Crippen LogP contribution in [-0.2, 0) is 14.3 Å². The maximum atomic E-state index is 12.2. The first-order chi connectivity index (χ1) is 11.7. The van der Waals surface area contributed by atoms with Gasteiger partial charge in [0.05, 0.1) is 18.1 Å². The molecule has 3 heterocycles. The number of ketones is 1. The summed E-state index contributed by atoms with van der Waals surface area (Å²) in [5, 5.41) is 21.1. The van der Waals surface area contributed by atoms with E-state index in [1.165, 1.54) is 0 Å². The van der Waals surface area contributed by atoms with E-state index in [9.17, 15) is 15.0 Å². The van der Waals surface area contributed by atoms with Crippen molar-refractivity contribution in [3.8, 4) is 0 Å². The van der Waals surface area contributed by atoms with E-state index in [4.69, 9.17) is 9.47 Å². The predicted octanol–water partition coefficient (Wildman–Crippen LogP) is 2.35. The molecule has 6 unspecified atom stereocenters. The van der Waals surface area contributed by atoms with Crippen LogP contribution in [0.3, 0.4) is 0 Å². The molecule has 0 aromatic heterocycles. The second-order valence-corrected chi connectivity index (χ2v) is 9.24. The lowest BCUT2D eigenvalue weighted by Crippen LogP contribution is -2.63. The fraction of sp³-hybridized carbons (Fsp3) is 0.850. The number of epoxide rings is 1. The van der Waals surface area contributed by atoms with Crippen LogP contribution in [0.5, 0.6) is 0 Å². The van der Waals surface area contributed by atoms with Gasteiger partial charge in [-0.25, -0.2) is 0 Å². The van der Waals surface area contributed by atoms with Gasteiger partial charge in [0.15, 0.2) is 0 Å². The largest absolute Gasteiger partial charge is 0.396 e. The van der Waals surface area contributed by atoms with Gasteiger partial charge in [-0.05, 0) is 37.7 Å². The summed E-state index contributed by atoms with van der Waals surface area (Å²) in [5.74, 6) is -0.396. The van der Waals surface area contributed by atoms with E-state index in [0.29, 0.717) is 38.5 Å². The molecule has 0 radical (unpaired) electrons. The van der Waals surface area contributed by atoms with Gasteiger partial charge < -0.3 is 19.7 Å². The molecule has 2 spiro atoms. The third kappa shape index (κ3) is 1.96. The third-order valence-electron chi connectivity index (χ3n) is 7.62. The van der Waals surface area contributed by atoms with Crippen molar-refractivity contribution in [2.45, 2.75) is 82.9 Å². The maximum Gasteiger partial charge on any atom is 0.201 e. The molecule has 2 bridgehead atoms. The Hall–Kier alpha value is -0.750. The van der Waals surface area contributed by atoms with Gasteiger partial charge in [-0.15, -0.1) is 0 Å². The second kappa shape index (κ2) is 5.16. The summed E-state index contributed by atoms with van der Waals surface area (Å²) >= 11 is 0. The molecule has 4 rings (SSSR count). The first-order valence-corrected chi connectivity index (χ1v) is 9.54. The van der Waals surface area contributed by atoms with Crippen LogP contribution in [-0.4, -0.2) is 46.2 Å². The Morgan fingerprint density at radius 1 is 1.44 bits per heavy atom. The predicted molar refractivity (Wildman–Crippen MR) is 91.7 cm³/mol. The second-order valence-electron chi connectivity index (χ2n) is 9.24. The molecule has 0 amide bonds. The molecule has 6 atom stereocenters. The van der Waals surface area contributed by atoms with Crippen molar-refractivity contribution in [1.29, 1.82) is 0 Å². The van der Waals surface area contributed by atoms with Crippen molar-refractivity contribution >= 4 is 5.78 Å². The maximum absolute atomic E-state index is 12.2. The summed E-state index contributed by atoms with van der Waals surface area (Å²) in [7, 11) is 0. The van der Waals surface area contributed by atoms with Crippen molar-refractivity contribution in [3.05, 3.63) is 12.2 Å². The zero-order valence-corrected chi connectivity index (χ0v) is 15.5. The van der Waals surface area contributed by atoms with Gasteiger partial charge >= 0.3 is 0 Å². The fourth-order valence-electron chi connectivity index (χ4n) is 5.83. The highest BCUT2D eigenvalue weighted by Gasteiger charge is 2.85. The molecule has 5 heteroatoms. The zero-order valence-electron chi connectivity index (χ0n) is 15.5. The molecule has 2 N–H and O–H groups in total. The monoisotopic (exact) mass is 350 g/mol. The summed E-state index contributed by atoms with van der Waals surface area (Å²) in [5.41, 5.74) is -0.840. The highest BCUT2D eigenvalue weighted by molar-refractivity contribution is 5.80. The average molecular weight is 350 g/mol. The smallest absolute Gasteiger partial charge is 0.201 e. The molecule has 5 nitrogen and oxygen atoms in total. The Kier molecular flexibility index (Phi) is 3.64. The van der Waals surface area contributed by atoms with Crippen LogP contribution in [0.1, 0.15) is 59.3 Å². The SMILES string of the molecule is C=C1CCC(O)C2(CO)CC3OC34OC12CC4(C)CCC(=O)C(C)C. The molecule has 3 saturated heterocycles. The number of carbonyl (C=O) groups is 1. The average Bonchev–Trinajstić information content (AvgIpc) is 3.23. The summed E-state index contributed by atoms with van der Waals surface area (Å²) in [6.45, 7) is 10.1. The normalized spacial score (nSPS) is 50.6. The minimum atomic E-state index is -0.748. The number of ether oxygens (including phenoxy) is 2. The van der Waals surface area contributed by atoms with E-state index in [2.05, 4.69) is 13.5 Å². The molecule has 3 aliphatic heterocycles. The summed E-state index contributed by atoms with van der Waals surface area (Å²) in [4.78, 5) is 12.2. The number of hydrogen-bond acceptors (Lipinski definition) is 5. The zero-order chi connectivity index (χ0) is 18.3. The Morgan fingerprint density at radius 2 is 2.16 bits per heavy atom. The van der Waals surface area contributed by atoms with E-state index >= 15 is 0 Å². The Morgan fingerprint density at radius 3 is 2.80 bits per heavy atom. The van der Waals surface area contributed by atoms with Gasteiger partial charge in [-0.3, -0.25) is 4.79 Å². The first kappa shape index (κ1) is 17.7. The molecule has 25 heavy (non-hydrogen) atoms.